The van der Waals surface area contributed by atoms with E-state index in [2.05, 4.69) is 36.3 Å². The van der Waals surface area contributed by atoms with Crippen molar-refractivity contribution in [2.45, 2.75) is 58.5 Å². The van der Waals surface area contributed by atoms with Crippen molar-refractivity contribution in [1.29, 1.82) is 0 Å². The van der Waals surface area contributed by atoms with Crippen LogP contribution in [0.1, 0.15) is 46.5 Å². The maximum absolute atomic E-state index is 12.0. The molecule has 3 unspecified atom stereocenters. The van der Waals surface area contributed by atoms with Crippen LogP contribution in [0.5, 0.6) is 0 Å². The molecule has 4 nitrogen and oxygen atoms in total. The average Bonchev–Trinajstić information content (AvgIpc) is 2.38. The molecule has 4 heteroatoms. The predicted molar refractivity (Wildman–Crippen MR) is 80.2 cm³/mol. The van der Waals surface area contributed by atoms with Crippen LogP contribution in [0.15, 0.2) is 0 Å². The zero-order chi connectivity index (χ0) is 14.3. The van der Waals surface area contributed by atoms with Gasteiger partial charge in [0.05, 0.1) is 6.54 Å². The molecule has 0 radical (unpaired) electrons. The van der Waals surface area contributed by atoms with Gasteiger partial charge in [-0.3, -0.25) is 9.69 Å². The Kier molecular flexibility index (Phi) is 7.39. The summed E-state index contributed by atoms with van der Waals surface area (Å²) in [6, 6.07) is 0.833. The second-order valence-electron chi connectivity index (χ2n) is 5.97. The molecule has 2 N–H and O–H groups in total. The molecule has 0 aromatic rings. The van der Waals surface area contributed by atoms with E-state index in [1.807, 2.05) is 7.05 Å². The van der Waals surface area contributed by atoms with E-state index >= 15 is 0 Å². The minimum absolute atomic E-state index is 0.179. The molecule has 1 heterocycles. The van der Waals surface area contributed by atoms with E-state index in [0.717, 1.165) is 25.9 Å². The Morgan fingerprint density at radius 3 is 2.79 bits per heavy atom. The van der Waals surface area contributed by atoms with E-state index in [-0.39, 0.29) is 5.91 Å². The van der Waals surface area contributed by atoms with Crippen LogP contribution in [-0.2, 0) is 4.79 Å². The first-order valence-corrected chi connectivity index (χ1v) is 7.75. The van der Waals surface area contributed by atoms with Crippen LogP contribution in [-0.4, -0.2) is 49.6 Å². The SMILES string of the molecule is CCCC(C)NC(=O)CN1CCCC(C(C)NC)C1. The first kappa shape index (κ1) is 16.4. The summed E-state index contributed by atoms with van der Waals surface area (Å²) in [7, 11) is 2.02. The Labute approximate surface area is 118 Å². The van der Waals surface area contributed by atoms with Gasteiger partial charge in [0.15, 0.2) is 0 Å². The molecule has 1 aliphatic rings. The van der Waals surface area contributed by atoms with Crippen LogP contribution in [0, 0.1) is 5.92 Å². The molecule has 0 bridgehead atoms. The first-order chi connectivity index (χ1) is 9.06. The van der Waals surface area contributed by atoms with Gasteiger partial charge in [-0.15, -0.1) is 0 Å². The number of carbonyl (C=O) groups is 1. The molecule has 0 aliphatic carbocycles. The lowest BCUT2D eigenvalue weighted by atomic mass is 9.92. The molecule has 0 aromatic carbocycles. The summed E-state index contributed by atoms with van der Waals surface area (Å²) in [5.41, 5.74) is 0. The summed E-state index contributed by atoms with van der Waals surface area (Å²) < 4.78 is 0. The van der Waals surface area contributed by atoms with Crippen molar-refractivity contribution in [3.05, 3.63) is 0 Å². The third-order valence-electron chi connectivity index (χ3n) is 4.20. The normalized spacial score (nSPS) is 23.9. The Hall–Kier alpha value is -0.610. The summed E-state index contributed by atoms with van der Waals surface area (Å²) in [5.74, 6) is 0.846. The van der Waals surface area contributed by atoms with E-state index < -0.39 is 0 Å². The van der Waals surface area contributed by atoms with E-state index in [1.54, 1.807) is 0 Å². The maximum Gasteiger partial charge on any atom is 0.234 e. The number of hydrogen-bond acceptors (Lipinski definition) is 3. The molecule has 0 spiro atoms. The molecule has 0 aromatic heterocycles. The van der Waals surface area contributed by atoms with Crippen LogP contribution in [0.25, 0.3) is 0 Å². The van der Waals surface area contributed by atoms with Crippen molar-refractivity contribution in [2.75, 3.05) is 26.7 Å². The number of rotatable bonds is 7. The summed E-state index contributed by atoms with van der Waals surface area (Å²) in [6.07, 6.45) is 4.65. The predicted octanol–water partition coefficient (Wildman–Crippen LogP) is 1.61. The van der Waals surface area contributed by atoms with Crippen LogP contribution in [0.2, 0.25) is 0 Å². The zero-order valence-corrected chi connectivity index (χ0v) is 13.0. The van der Waals surface area contributed by atoms with Crippen LogP contribution < -0.4 is 10.6 Å². The number of amides is 1. The van der Waals surface area contributed by atoms with Crippen molar-refractivity contribution < 1.29 is 4.79 Å². The Morgan fingerprint density at radius 2 is 2.16 bits per heavy atom. The van der Waals surface area contributed by atoms with Gasteiger partial charge in [-0.2, -0.15) is 0 Å². The van der Waals surface area contributed by atoms with E-state index in [4.69, 9.17) is 0 Å². The summed E-state index contributed by atoms with van der Waals surface area (Å²) in [4.78, 5) is 14.3. The fourth-order valence-electron chi connectivity index (χ4n) is 2.91. The third-order valence-corrected chi connectivity index (χ3v) is 4.20. The minimum atomic E-state index is 0.179. The highest BCUT2D eigenvalue weighted by Crippen LogP contribution is 2.19. The quantitative estimate of drug-likeness (QED) is 0.738. The largest absolute Gasteiger partial charge is 0.353 e. The lowest BCUT2D eigenvalue weighted by molar-refractivity contribution is -0.123. The standard InChI is InChI=1S/C15H31N3O/c1-5-7-12(2)17-15(19)11-18-9-6-8-14(10-18)13(3)16-4/h12-14,16H,5-11H2,1-4H3,(H,17,19). The van der Waals surface area contributed by atoms with Gasteiger partial charge in [0, 0.05) is 18.6 Å². The highest BCUT2D eigenvalue weighted by Gasteiger charge is 2.25. The molecule has 1 aliphatic heterocycles. The van der Waals surface area contributed by atoms with Gasteiger partial charge in [-0.05, 0) is 52.6 Å². The number of carbonyl (C=O) groups excluding carboxylic acids is 1. The second kappa shape index (κ2) is 8.54. The van der Waals surface area contributed by atoms with Gasteiger partial charge in [0.2, 0.25) is 5.91 Å². The molecular formula is C15H31N3O. The van der Waals surface area contributed by atoms with Gasteiger partial charge in [0.25, 0.3) is 0 Å². The third kappa shape index (κ3) is 5.91. The molecule has 1 rings (SSSR count). The molecule has 1 saturated heterocycles. The summed E-state index contributed by atoms with van der Waals surface area (Å²) >= 11 is 0. The maximum atomic E-state index is 12.0. The molecule has 0 saturated carbocycles. The molecule has 19 heavy (non-hydrogen) atoms. The smallest absolute Gasteiger partial charge is 0.234 e. The molecular weight excluding hydrogens is 238 g/mol. The van der Waals surface area contributed by atoms with Crippen LogP contribution >= 0.6 is 0 Å². The van der Waals surface area contributed by atoms with E-state index in [9.17, 15) is 4.79 Å². The highest BCUT2D eigenvalue weighted by atomic mass is 16.2. The monoisotopic (exact) mass is 269 g/mol. The Balaban J connectivity index is 2.33. The Morgan fingerprint density at radius 1 is 1.42 bits per heavy atom. The fourth-order valence-corrected chi connectivity index (χ4v) is 2.91. The van der Waals surface area contributed by atoms with E-state index in [0.29, 0.717) is 24.5 Å². The van der Waals surface area contributed by atoms with Gasteiger partial charge < -0.3 is 10.6 Å². The zero-order valence-electron chi connectivity index (χ0n) is 13.0. The second-order valence-corrected chi connectivity index (χ2v) is 5.97. The number of piperidine rings is 1. The first-order valence-electron chi connectivity index (χ1n) is 7.75. The van der Waals surface area contributed by atoms with Gasteiger partial charge in [-0.25, -0.2) is 0 Å². The molecule has 3 atom stereocenters. The van der Waals surface area contributed by atoms with Crippen molar-refractivity contribution in [3.63, 3.8) is 0 Å². The van der Waals surface area contributed by atoms with Crippen molar-refractivity contribution in [2.24, 2.45) is 5.92 Å². The summed E-state index contributed by atoms with van der Waals surface area (Å²) in [5, 5.41) is 6.42. The topological polar surface area (TPSA) is 44.4 Å². The minimum Gasteiger partial charge on any atom is -0.353 e. The van der Waals surface area contributed by atoms with Gasteiger partial charge in [-0.1, -0.05) is 13.3 Å². The lowest BCUT2D eigenvalue weighted by Gasteiger charge is -2.35. The number of likely N-dealkylation sites (tertiary alicyclic amines) is 1. The van der Waals surface area contributed by atoms with E-state index in [1.165, 1.54) is 12.8 Å². The Bertz CT molecular complexity index is 270. The van der Waals surface area contributed by atoms with Gasteiger partial charge >= 0.3 is 0 Å². The lowest BCUT2D eigenvalue weighted by Crippen LogP contribution is -2.47. The number of hydrogen-bond donors (Lipinski definition) is 2. The van der Waals surface area contributed by atoms with Crippen LogP contribution in [0.3, 0.4) is 0 Å². The van der Waals surface area contributed by atoms with Crippen molar-refractivity contribution >= 4 is 5.91 Å². The fraction of sp³-hybridized carbons (Fsp3) is 0.933. The van der Waals surface area contributed by atoms with Crippen molar-refractivity contribution in [1.82, 2.24) is 15.5 Å². The molecule has 1 fully saturated rings. The van der Waals surface area contributed by atoms with Crippen molar-refractivity contribution in [3.8, 4) is 0 Å². The molecule has 1 amide bonds. The summed E-state index contributed by atoms with van der Waals surface area (Å²) in [6.45, 7) is 9.12. The highest BCUT2D eigenvalue weighted by molar-refractivity contribution is 5.78. The van der Waals surface area contributed by atoms with Crippen LogP contribution in [0.4, 0.5) is 0 Å². The average molecular weight is 269 g/mol. The molecule has 112 valence electrons. The van der Waals surface area contributed by atoms with Gasteiger partial charge in [0.1, 0.15) is 0 Å². The number of nitrogens with one attached hydrogen (secondary N) is 2. The number of nitrogens with zero attached hydrogens (tertiary/aromatic N) is 1.